The zero-order valence-corrected chi connectivity index (χ0v) is 20.4. The summed E-state index contributed by atoms with van der Waals surface area (Å²) in [6, 6.07) is 10.5. The molecule has 0 aliphatic carbocycles. The number of benzene rings is 2. The van der Waals surface area contributed by atoms with Crippen LogP contribution in [0.5, 0.6) is 0 Å². The first kappa shape index (κ1) is 25.5. The summed E-state index contributed by atoms with van der Waals surface area (Å²) in [4.78, 5) is 27.3. The molecule has 1 N–H and O–H groups in total. The molecule has 4 nitrogen and oxygen atoms in total. The Morgan fingerprint density at radius 3 is 2.23 bits per heavy atom. The van der Waals surface area contributed by atoms with Gasteiger partial charge in [-0.3, -0.25) is 9.59 Å². The zero-order chi connectivity index (χ0) is 23.2. The Hall–Kier alpha value is -1.76. The molecule has 0 bridgehead atoms. The van der Waals surface area contributed by atoms with Crippen LogP contribution in [0.25, 0.3) is 0 Å². The number of carbonyl (C=O) groups excluding carboxylic acids is 2. The lowest BCUT2D eigenvalue weighted by Crippen LogP contribution is -2.52. The second-order valence-corrected chi connectivity index (χ2v) is 10.1. The minimum Gasteiger partial charge on any atom is -0.350 e. The fourth-order valence-electron chi connectivity index (χ4n) is 2.84. The van der Waals surface area contributed by atoms with Gasteiger partial charge in [-0.1, -0.05) is 41.4 Å². The molecule has 0 saturated heterocycles. The molecule has 2 aromatic rings. The summed E-state index contributed by atoms with van der Waals surface area (Å²) >= 11 is 13.8. The summed E-state index contributed by atoms with van der Waals surface area (Å²) in [7, 11) is 0. The topological polar surface area (TPSA) is 49.4 Å². The minimum absolute atomic E-state index is 0.149. The molecule has 2 aromatic carbocycles. The van der Waals surface area contributed by atoms with Crippen molar-refractivity contribution in [3.8, 4) is 0 Å². The normalized spacial score (nSPS) is 12.4. The van der Waals surface area contributed by atoms with E-state index in [1.54, 1.807) is 37.3 Å². The number of rotatable bonds is 8. The van der Waals surface area contributed by atoms with Crippen molar-refractivity contribution >= 4 is 46.8 Å². The van der Waals surface area contributed by atoms with Gasteiger partial charge in [0.1, 0.15) is 11.9 Å². The van der Waals surface area contributed by atoms with Gasteiger partial charge in [-0.05, 0) is 63.1 Å². The molecule has 2 amide bonds. The van der Waals surface area contributed by atoms with Crippen molar-refractivity contribution in [2.24, 2.45) is 0 Å². The Balaban J connectivity index is 2.13. The molecule has 0 spiro atoms. The maximum Gasteiger partial charge on any atom is 0.242 e. The highest BCUT2D eigenvalue weighted by Gasteiger charge is 2.28. The molecule has 0 saturated carbocycles. The van der Waals surface area contributed by atoms with Crippen molar-refractivity contribution in [1.29, 1.82) is 0 Å². The Bertz CT molecular complexity index is 897. The van der Waals surface area contributed by atoms with Crippen molar-refractivity contribution in [3.05, 3.63) is 69.5 Å². The van der Waals surface area contributed by atoms with E-state index in [9.17, 15) is 14.0 Å². The lowest BCUT2D eigenvalue weighted by Gasteiger charge is -2.31. The molecule has 2 rings (SSSR count). The molecule has 0 unspecified atom stereocenters. The van der Waals surface area contributed by atoms with Crippen molar-refractivity contribution in [2.75, 3.05) is 5.75 Å². The Morgan fingerprint density at radius 1 is 1.10 bits per heavy atom. The average molecular weight is 485 g/mol. The maximum absolute atomic E-state index is 13.3. The van der Waals surface area contributed by atoms with Crippen LogP contribution < -0.4 is 5.32 Å². The molecular formula is C23H27Cl2FN2O2S. The molecule has 0 fully saturated rings. The van der Waals surface area contributed by atoms with Gasteiger partial charge < -0.3 is 10.2 Å². The molecule has 0 aliphatic heterocycles. The van der Waals surface area contributed by atoms with E-state index in [0.717, 1.165) is 11.1 Å². The summed E-state index contributed by atoms with van der Waals surface area (Å²) in [6.07, 6.45) is 0. The zero-order valence-electron chi connectivity index (χ0n) is 18.0. The standard InChI is InChI=1S/C23H27Cl2FN2O2S/c1-15(22(30)27-23(2,3)4)28(12-16-8-10-17(26)11-9-16)21(29)14-31-13-18-19(24)6-5-7-20(18)25/h5-11,15H,12-14H2,1-4H3,(H,27,30)/t15-/m0/s1. The van der Waals surface area contributed by atoms with Crippen LogP contribution in [0.3, 0.4) is 0 Å². The first-order chi connectivity index (χ1) is 14.5. The van der Waals surface area contributed by atoms with Crippen LogP contribution in [0, 0.1) is 5.82 Å². The predicted molar refractivity (Wildman–Crippen MR) is 127 cm³/mol. The molecule has 168 valence electrons. The quantitative estimate of drug-likeness (QED) is 0.522. The summed E-state index contributed by atoms with van der Waals surface area (Å²) in [5, 5.41) is 4.01. The third-order valence-corrected chi connectivity index (χ3v) is 6.12. The number of nitrogens with one attached hydrogen (secondary N) is 1. The number of hydrogen-bond donors (Lipinski definition) is 1. The molecule has 8 heteroatoms. The Kier molecular flexibility index (Phi) is 9.22. The van der Waals surface area contributed by atoms with Gasteiger partial charge in [0, 0.05) is 27.9 Å². The number of halogens is 3. The van der Waals surface area contributed by atoms with Gasteiger partial charge in [0.25, 0.3) is 0 Å². The van der Waals surface area contributed by atoms with Crippen LogP contribution in [-0.2, 0) is 21.9 Å². The minimum atomic E-state index is -0.693. The highest BCUT2D eigenvalue weighted by atomic mass is 35.5. The summed E-state index contributed by atoms with van der Waals surface area (Å²) < 4.78 is 13.3. The molecule has 0 heterocycles. The van der Waals surface area contributed by atoms with Crippen molar-refractivity contribution < 1.29 is 14.0 Å². The van der Waals surface area contributed by atoms with Crippen LogP contribution in [0.2, 0.25) is 10.0 Å². The Morgan fingerprint density at radius 2 is 1.68 bits per heavy atom. The second kappa shape index (κ2) is 11.2. The first-order valence-electron chi connectivity index (χ1n) is 9.84. The van der Waals surface area contributed by atoms with Crippen LogP contribution in [-0.4, -0.2) is 34.0 Å². The number of thioether (sulfide) groups is 1. The highest BCUT2D eigenvalue weighted by molar-refractivity contribution is 7.99. The van der Waals surface area contributed by atoms with Gasteiger partial charge >= 0.3 is 0 Å². The fraction of sp³-hybridized carbons (Fsp3) is 0.391. The van der Waals surface area contributed by atoms with Gasteiger partial charge in [-0.25, -0.2) is 4.39 Å². The molecule has 31 heavy (non-hydrogen) atoms. The molecule has 1 atom stereocenters. The van der Waals surface area contributed by atoms with E-state index < -0.39 is 11.6 Å². The van der Waals surface area contributed by atoms with Crippen LogP contribution in [0.1, 0.15) is 38.8 Å². The SMILES string of the molecule is C[C@@H](C(=O)NC(C)(C)C)N(Cc1ccc(F)cc1)C(=O)CSCc1c(Cl)cccc1Cl. The van der Waals surface area contributed by atoms with Gasteiger partial charge in [0.15, 0.2) is 0 Å². The summed E-state index contributed by atoms with van der Waals surface area (Å²) in [5.74, 6) is -0.184. The van der Waals surface area contributed by atoms with E-state index in [1.807, 2.05) is 20.8 Å². The van der Waals surface area contributed by atoms with Gasteiger partial charge in [0.05, 0.1) is 5.75 Å². The van der Waals surface area contributed by atoms with Crippen LogP contribution >= 0.6 is 35.0 Å². The summed E-state index contributed by atoms with van der Waals surface area (Å²) in [5.41, 5.74) is 1.09. The second-order valence-electron chi connectivity index (χ2n) is 8.26. The number of nitrogens with zero attached hydrogens (tertiary/aromatic N) is 1. The maximum atomic E-state index is 13.3. The van der Waals surface area contributed by atoms with Gasteiger partial charge in [-0.2, -0.15) is 0 Å². The number of amides is 2. The Labute approximate surface area is 197 Å². The van der Waals surface area contributed by atoms with Gasteiger partial charge in [0.2, 0.25) is 11.8 Å². The number of hydrogen-bond acceptors (Lipinski definition) is 3. The monoisotopic (exact) mass is 484 g/mol. The lowest BCUT2D eigenvalue weighted by atomic mass is 10.1. The van der Waals surface area contributed by atoms with Crippen molar-refractivity contribution in [1.82, 2.24) is 10.2 Å². The predicted octanol–water partition coefficient (Wildman–Crippen LogP) is 5.70. The van der Waals surface area contributed by atoms with Crippen LogP contribution in [0.4, 0.5) is 4.39 Å². The van der Waals surface area contributed by atoms with E-state index in [2.05, 4.69) is 5.32 Å². The smallest absolute Gasteiger partial charge is 0.242 e. The largest absolute Gasteiger partial charge is 0.350 e. The third kappa shape index (κ3) is 8.02. The van der Waals surface area contributed by atoms with E-state index in [-0.39, 0.29) is 29.9 Å². The van der Waals surface area contributed by atoms with E-state index in [1.165, 1.54) is 28.8 Å². The van der Waals surface area contributed by atoms with E-state index in [0.29, 0.717) is 15.8 Å². The molecule has 0 radical (unpaired) electrons. The lowest BCUT2D eigenvalue weighted by molar-refractivity contribution is -0.139. The third-order valence-electron chi connectivity index (χ3n) is 4.47. The molecule has 0 aliphatic rings. The van der Waals surface area contributed by atoms with E-state index in [4.69, 9.17) is 23.2 Å². The molecule has 0 aromatic heterocycles. The fourth-order valence-corrected chi connectivity index (χ4v) is 4.48. The van der Waals surface area contributed by atoms with Crippen LogP contribution in [0.15, 0.2) is 42.5 Å². The first-order valence-corrected chi connectivity index (χ1v) is 11.8. The van der Waals surface area contributed by atoms with Crippen molar-refractivity contribution in [3.63, 3.8) is 0 Å². The summed E-state index contributed by atoms with van der Waals surface area (Å²) in [6.45, 7) is 7.54. The van der Waals surface area contributed by atoms with Gasteiger partial charge in [-0.15, -0.1) is 11.8 Å². The average Bonchev–Trinajstić information content (AvgIpc) is 2.67. The van der Waals surface area contributed by atoms with E-state index >= 15 is 0 Å². The highest BCUT2D eigenvalue weighted by Crippen LogP contribution is 2.28. The van der Waals surface area contributed by atoms with Crippen molar-refractivity contribution in [2.45, 2.75) is 51.6 Å². The number of carbonyl (C=O) groups is 2. The molecular weight excluding hydrogens is 458 g/mol.